The van der Waals surface area contributed by atoms with Crippen LogP contribution in [0, 0.1) is 0 Å². The first kappa shape index (κ1) is 15.7. The summed E-state index contributed by atoms with van der Waals surface area (Å²) in [6.07, 6.45) is 0.250. The lowest BCUT2D eigenvalue weighted by Gasteiger charge is -2.21. The van der Waals surface area contributed by atoms with Crippen LogP contribution in [0.3, 0.4) is 0 Å². The number of carbonyl (C=O) groups excluding carboxylic acids is 2. The molecule has 17 heavy (non-hydrogen) atoms. The van der Waals surface area contributed by atoms with Gasteiger partial charge in [0, 0.05) is 39.3 Å². The van der Waals surface area contributed by atoms with E-state index in [4.69, 9.17) is 14.7 Å². The van der Waals surface area contributed by atoms with Crippen LogP contribution in [0.2, 0.25) is 0 Å². The van der Waals surface area contributed by atoms with Crippen molar-refractivity contribution in [3.8, 4) is 0 Å². The number of hydrogen-bond acceptors (Lipinski definition) is 6. The van der Waals surface area contributed by atoms with E-state index in [0.717, 1.165) is 39.3 Å². The molecule has 1 aliphatic rings. The second-order valence-electron chi connectivity index (χ2n) is 3.81. The maximum atomic E-state index is 10.6. The Labute approximate surface area is 100 Å². The first-order chi connectivity index (χ1) is 8.10. The third kappa shape index (κ3) is 9.65. The van der Waals surface area contributed by atoms with E-state index in [1.54, 1.807) is 0 Å². The topological polar surface area (TPSA) is 89.9 Å². The number of likely N-dealkylation sites (N-methyl/N-ethyl adjacent to an activating group) is 1. The van der Waals surface area contributed by atoms with E-state index in [-0.39, 0.29) is 12.7 Å². The Morgan fingerprint density at radius 2 is 1.82 bits per heavy atom. The van der Waals surface area contributed by atoms with Crippen molar-refractivity contribution >= 4 is 12.1 Å². The molecule has 0 unspecified atom stereocenters. The summed E-state index contributed by atoms with van der Waals surface area (Å²) in [4.78, 5) is 31.0. The minimum Gasteiger partial charge on any atom is -0.480 e. The molecule has 98 valence electrons. The molecular formula is C10H19N3O4. The minimum atomic E-state index is -0.744. The predicted molar refractivity (Wildman–Crippen MR) is 59.4 cm³/mol. The second kappa shape index (κ2) is 9.92. The van der Waals surface area contributed by atoms with Gasteiger partial charge in [-0.3, -0.25) is 9.69 Å². The highest BCUT2D eigenvalue weighted by Crippen LogP contribution is 1.92. The van der Waals surface area contributed by atoms with Gasteiger partial charge in [0.1, 0.15) is 0 Å². The number of hydrogen-bond donors (Lipinski definition) is 2. The molecule has 0 aliphatic carbocycles. The molecule has 0 aromatic rings. The van der Waals surface area contributed by atoms with Crippen LogP contribution in [-0.2, 0) is 14.4 Å². The van der Waals surface area contributed by atoms with Crippen molar-refractivity contribution in [3.63, 3.8) is 0 Å². The van der Waals surface area contributed by atoms with Gasteiger partial charge in [0.15, 0.2) is 0 Å². The minimum absolute atomic E-state index is 0.148. The highest BCUT2D eigenvalue weighted by Gasteiger charge is 2.11. The fraction of sp³-hybridized carbons (Fsp3) is 0.800. The van der Waals surface area contributed by atoms with E-state index in [2.05, 4.69) is 17.3 Å². The van der Waals surface area contributed by atoms with Crippen molar-refractivity contribution in [3.05, 3.63) is 0 Å². The molecule has 2 N–H and O–H groups in total. The van der Waals surface area contributed by atoms with E-state index in [9.17, 15) is 4.79 Å². The zero-order valence-corrected chi connectivity index (χ0v) is 10.0. The molecule has 7 nitrogen and oxygen atoms in total. The Kier molecular flexibility index (Phi) is 9.18. The molecule has 1 aliphatic heterocycles. The fourth-order valence-corrected chi connectivity index (χ4v) is 1.52. The van der Waals surface area contributed by atoms with Crippen molar-refractivity contribution < 1.29 is 19.5 Å². The molecule has 0 amide bonds. The quantitative estimate of drug-likeness (QED) is 0.601. The third-order valence-electron chi connectivity index (χ3n) is 2.43. The van der Waals surface area contributed by atoms with Crippen LogP contribution in [0.15, 0.2) is 0 Å². The van der Waals surface area contributed by atoms with E-state index in [0.29, 0.717) is 0 Å². The van der Waals surface area contributed by atoms with Crippen molar-refractivity contribution in [2.45, 2.75) is 0 Å². The lowest BCUT2D eigenvalue weighted by Crippen LogP contribution is -2.37. The number of nitrogens with zero attached hydrogens (tertiary/aromatic N) is 2. The molecular weight excluding hydrogens is 226 g/mol. The zero-order valence-electron chi connectivity index (χ0n) is 10.0. The van der Waals surface area contributed by atoms with Gasteiger partial charge in [-0.2, -0.15) is 9.59 Å². The zero-order chi connectivity index (χ0) is 13.1. The summed E-state index contributed by atoms with van der Waals surface area (Å²) < 4.78 is 0. The molecule has 7 heteroatoms. The largest absolute Gasteiger partial charge is 0.480 e. The van der Waals surface area contributed by atoms with E-state index in [1.165, 1.54) is 0 Å². The monoisotopic (exact) mass is 245 g/mol. The van der Waals surface area contributed by atoms with E-state index >= 15 is 0 Å². The van der Waals surface area contributed by atoms with E-state index < -0.39 is 5.97 Å². The summed E-state index contributed by atoms with van der Waals surface area (Å²) in [5.74, 6) is -0.744. The SMILES string of the molecule is CN1CCNCCN(CC(=O)O)CC1.O=C=O. The Morgan fingerprint density at radius 3 is 2.41 bits per heavy atom. The van der Waals surface area contributed by atoms with Gasteiger partial charge >= 0.3 is 12.1 Å². The summed E-state index contributed by atoms with van der Waals surface area (Å²) in [6, 6.07) is 0. The Morgan fingerprint density at radius 1 is 1.24 bits per heavy atom. The van der Waals surface area contributed by atoms with Crippen molar-refractivity contribution in [1.82, 2.24) is 15.1 Å². The number of carboxylic acids is 1. The maximum Gasteiger partial charge on any atom is 0.373 e. The first-order valence-corrected chi connectivity index (χ1v) is 5.42. The Balaban J connectivity index is 0.000000770. The van der Waals surface area contributed by atoms with Gasteiger partial charge in [0.25, 0.3) is 0 Å². The van der Waals surface area contributed by atoms with Crippen LogP contribution in [0.4, 0.5) is 0 Å². The molecule has 1 saturated heterocycles. The molecule has 0 aromatic carbocycles. The van der Waals surface area contributed by atoms with Crippen molar-refractivity contribution in [2.24, 2.45) is 0 Å². The predicted octanol–water partition coefficient (Wildman–Crippen LogP) is -1.68. The normalized spacial score (nSPS) is 18.9. The first-order valence-electron chi connectivity index (χ1n) is 5.42. The summed E-state index contributed by atoms with van der Waals surface area (Å²) in [6.45, 7) is 5.63. The smallest absolute Gasteiger partial charge is 0.373 e. The molecule has 0 radical (unpaired) electrons. The van der Waals surface area contributed by atoms with Gasteiger partial charge < -0.3 is 15.3 Å². The van der Waals surface area contributed by atoms with Crippen LogP contribution in [0.25, 0.3) is 0 Å². The average Bonchev–Trinajstić information content (AvgIpc) is 2.33. The van der Waals surface area contributed by atoms with Crippen LogP contribution >= 0.6 is 0 Å². The van der Waals surface area contributed by atoms with Gasteiger partial charge in [-0.1, -0.05) is 0 Å². The maximum absolute atomic E-state index is 10.6. The summed E-state index contributed by atoms with van der Waals surface area (Å²) in [5, 5.41) is 12.0. The van der Waals surface area contributed by atoms with Gasteiger partial charge in [-0.25, -0.2) is 0 Å². The highest BCUT2D eigenvalue weighted by atomic mass is 16.4. The van der Waals surface area contributed by atoms with E-state index in [1.807, 2.05) is 4.90 Å². The number of carbonyl (C=O) groups is 1. The van der Waals surface area contributed by atoms with Gasteiger partial charge in [-0.05, 0) is 7.05 Å². The summed E-state index contributed by atoms with van der Waals surface area (Å²) >= 11 is 0. The van der Waals surface area contributed by atoms with Crippen LogP contribution in [0.1, 0.15) is 0 Å². The highest BCUT2D eigenvalue weighted by molar-refractivity contribution is 5.69. The van der Waals surface area contributed by atoms with Crippen molar-refractivity contribution in [1.29, 1.82) is 0 Å². The average molecular weight is 245 g/mol. The van der Waals surface area contributed by atoms with Crippen LogP contribution in [-0.4, -0.2) is 79.9 Å². The molecule has 1 rings (SSSR count). The van der Waals surface area contributed by atoms with Gasteiger partial charge in [-0.15, -0.1) is 0 Å². The van der Waals surface area contributed by atoms with Crippen LogP contribution < -0.4 is 5.32 Å². The number of nitrogens with one attached hydrogen (secondary N) is 1. The lowest BCUT2D eigenvalue weighted by molar-refractivity contribution is -0.191. The lowest BCUT2D eigenvalue weighted by atomic mass is 10.4. The molecule has 0 atom stereocenters. The second-order valence-corrected chi connectivity index (χ2v) is 3.81. The molecule has 0 bridgehead atoms. The summed E-state index contributed by atoms with van der Waals surface area (Å²) in [7, 11) is 2.06. The third-order valence-corrected chi connectivity index (χ3v) is 2.43. The molecule has 0 aromatic heterocycles. The van der Waals surface area contributed by atoms with Gasteiger partial charge in [0.2, 0.25) is 0 Å². The van der Waals surface area contributed by atoms with Crippen molar-refractivity contribution in [2.75, 3.05) is 52.9 Å². The molecule has 1 fully saturated rings. The standard InChI is InChI=1S/C9H19N3O2.CO2/c1-11-4-2-10-3-5-12(7-6-11)8-9(13)14;2-1-3/h10H,2-8H2,1H3,(H,13,14);. The molecule has 1 heterocycles. The van der Waals surface area contributed by atoms with Gasteiger partial charge in [0.05, 0.1) is 6.54 Å². The Hall–Kier alpha value is -1.27. The van der Waals surface area contributed by atoms with Crippen LogP contribution in [0.5, 0.6) is 0 Å². The number of rotatable bonds is 2. The number of carboxylic acid groups (broad SMARTS) is 1. The molecule has 0 saturated carbocycles. The fourth-order valence-electron chi connectivity index (χ4n) is 1.52. The Bertz CT molecular complexity index is 254. The molecule has 0 spiro atoms. The number of aliphatic carboxylic acids is 1. The summed E-state index contributed by atoms with van der Waals surface area (Å²) in [5.41, 5.74) is 0.